The molecule has 21 heavy (non-hydrogen) atoms. The van der Waals surface area contributed by atoms with Crippen molar-refractivity contribution in [3.8, 4) is 0 Å². The Bertz CT molecular complexity index is 553. The van der Waals surface area contributed by atoms with E-state index in [9.17, 15) is 4.79 Å². The molecule has 3 aliphatic rings. The van der Waals surface area contributed by atoms with Gasteiger partial charge in [-0.25, -0.2) is 0 Å². The van der Waals surface area contributed by atoms with Crippen LogP contribution in [0.3, 0.4) is 0 Å². The summed E-state index contributed by atoms with van der Waals surface area (Å²) < 4.78 is 0. The van der Waals surface area contributed by atoms with E-state index in [0.29, 0.717) is 11.8 Å². The molecule has 0 aromatic heterocycles. The Balaban J connectivity index is 1.47. The van der Waals surface area contributed by atoms with E-state index < -0.39 is 0 Å². The second-order valence-corrected chi connectivity index (χ2v) is 7.81. The number of hydrogen-bond donors (Lipinski definition) is 1. The van der Waals surface area contributed by atoms with Crippen LogP contribution in [-0.2, 0) is 4.79 Å². The predicted octanol–water partition coefficient (Wildman–Crippen LogP) is 2.48. The Morgan fingerprint density at radius 1 is 1.29 bits per heavy atom. The number of hydrogen-bond acceptors (Lipinski definition) is 3. The summed E-state index contributed by atoms with van der Waals surface area (Å²) in [6, 6.07) is 8.68. The van der Waals surface area contributed by atoms with E-state index in [0.717, 1.165) is 51.2 Å². The van der Waals surface area contributed by atoms with Crippen molar-refractivity contribution in [2.24, 2.45) is 5.41 Å². The number of piperidine rings is 1. The fourth-order valence-electron chi connectivity index (χ4n) is 4.09. The van der Waals surface area contributed by atoms with Crippen molar-refractivity contribution < 1.29 is 4.79 Å². The maximum absolute atomic E-state index is 12.4. The van der Waals surface area contributed by atoms with Crippen molar-refractivity contribution >= 4 is 17.7 Å². The van der Waals surface area contributed by atoms with Crippen LogP contribution in [0.2, 0.25) is 0 Å². The fourth-order valence-corrected chi connectivity index (χ4v) is 5.33. The minimum Gasteiger partial charge on any atom is -0.341 e. The SMILES string of the molecule is O=C1CC2(CCNCC2)CN1CC1CSc2ccccc21. The zero-order valence-corrected chi connectivity index (χ0v) is 13.1. The van der Waals surface area contributed by atoms with E-state index in [-0.39, 0.29) is 5.41 Å². The number of nitrogens with one attached hydrogen (secondary N) is 1. The molecule has 3 aliphatic heterocycles. The Hall–Kier alpha value is -1.00. The van der Waals surface area contributed by atoms with E-state index in [2.05, 4.69) is 34.5 Å². The maximum Gasteiger partial charge on any atom is 0.223 e. The van der Waals surface area contributed by atoms with Gasteiger partial charge in [0.05, 0.1) is 0 Å². The molecule has 1 amide bonds. The lowest BCUT2D eigenvalue weighted by atomic mass is 9.78. The number of fused-ring (bicyclic) bond motifs is 1. The number of benzene rings is 1. The molecule has 1 aromatic carbocycles. The van der Waals surface area contributed by atoms with Crippen molar-refractivity contribution in [1.29, 1.82) is 0 Å². The minimum absolute atomic E-state index is 0.271. The summed E-state index contributed by atoms with van der Waals surface area (Å²) in [5.74, 6) is 2.02. The molecule has 1 aromatic rings. The molecule has 2 fully saturated rings. The van der Waals surface area contributed by atoms with E-state index in [1.807, 2.05) is 11.8 Å². The quantitative estimate of drug-likeness (QED) is 0.911. The molecule has 0 radical (unpaired) electrons. The highest BCUT2D eigenvalue weighted by molar-refractivity contribution is 7.99. The molecule has 1 N–H and O–H groups in total. The summed E-state index contributed by atoms with van der Waals surface area (Å²) >= 11 is 1.94. The summed E-state index contributed by atoms with van der Waals surface area (Å²) in [4.78, 5) is 16.0. The summed E-state index contributed by atoms with van der Waals surface area (Å²) in [6.07, 6.45) is 3.09. The van der Waals surface area contributed by atoms with Gasteiger partial charge in [0, 0.05) is 36.1 Å². The van der Waals surface area contributed by atoms with Gasteiger partial charge in [-0.15, -0.1) is 11.8 Å². The fraction of sp³-hybridized carbons (Fsp3) is 0.588. The first-order valence-corrected chi connectivity index (χ1v) is 8.95. The molecule has 2 saturated heterocycles. The largest absolute Gasteiger partial charge is 0.341 e. The molecule has 3 heterocycles. The normalized spacial score (nSPS) is 27.3. The van der Waals surface area contributed by atoms with Crippen LogP contribution in [0.1, 0.15) is 30.7 Å². The molecule has 0 bridgehead atoms. The van der Waals surface area contributed by atoms with Crippen LogP contribution in [-0.4, -0.2) is 42.7 Å². The maximum atomic E-state index is 12.4. The molecule has 3 nitrogen and oxygen atoms in total. The highest BCUT2D eigenvalue weighted by atomic mass is 32.2. The number of likely N-dealkylation sites (tertiary alicyclic amines) is 1. The molecule has 4 rings (SSSR count). The summed E-state index contributed by atoms with van der Waals surface area (Å²) in [6.45, 7) is 4.04. The third-order valence-electron chi connectivity index (χ3n) is 5.31. The molecule has 1 spiro atoms. The van der Waals surface area contributed by atoms with E-state index in [4.69, 9.17) is 0 Å². The summed E-state index contributed by atoms with van der Waals surface area (Å²) in [5, 5.41) is 3.42. The smallest absolute Gasteiger partial charge is 0.223 e. The van der Waals surface area contributed by atoms with Crippen LogP contribution in [0.15, 0.2) is 29.2 Å². The average molecular weight is 302 g/mol. The monoisotopic (exact) mass is 302 g/mol. The Kier molecular flexibility index (Phi) is 3.46. The van der Waals surface area contributed by atoms with Gasteiger partial charge in [0.15, 0.2) is 0 Å². The van der Waals surface area contributed by atoms with Gasteiger partial charge in [0.2, 0.25) is 5.91 Å². The topological polar surface area (TPSA) is 32.3 Å². The highest BCUT2D eigenvalue weighted by Crippen LogP contribution is 2.43. The van der Waals surface area contributed by atoms with Gasteiger partial charge in [0.25, 0.3) is 0 Å². The predicted molar refractivity (Wildman–Crippen MR) is 85.6 cm³/mol. The molecule has 0 saturated carbocycles. The van der Waals surface area contributed by atoms with Crippen molar-refractivity contribution in [1.82, 2.24) is 10.2 Å². The molecular formula is C17H22N2OS. The van der Waals surface area contributed by atoms with Crippen LogP contribution in [0.5, 0.6) is 0 Å². The van der Waals surface area contributed by atoms with Gasteiger partial charge >= 0.3 is 0 Å². The molecule has 1 unspecified atom stereocenters. The number of amides is 1. The zero-order chi connectivity index (χ0) is 14.3. The van der Waals surface area contributed by atoms with Gasteiger partial charge in [-0.3, -0.25) is 4.79 Å². The average Bonchev–Trinajstić information content (AvgIpc) is 3.03. The minimum atomic E-state index is 0.271. The van der Waals surface area contributed by atoms with Crippen molar-refractivity contribution in [2.75, 3.05) is 31.9 Å². The van der Waals surface area contributed by atoms with E-state index in [1.165, 1.54) is 10.5 Å². The lowest BCUT2D eigenvalue weighted by Crippen LogP contribution is -2.39. The first kappa shape index (κ1) is 13.6. The van der Waals surface area contributed by atoms with Crippen LogP contribution in [0, 0.1) is 5.41 Å². The van der Waals surface area contributed by atoms with Gasteiger partial charge in [-0.2, -0.15) is 0 Å². The third kappa shape index (κ3) is 2.49. The van der Waals surface area contributed by atoms with Gasteiger partial charge in [-0.05, 0) is 43.0 Å². The van der Waals surface area contributed by atoms with Crippen LogP contribution in [0.4, 0.5) is 0 Å². The van der Waals surface area contributed by atoms with Crippen molar-refractivity contribution in [3.05, 3.63) is 29.8 Å². The number of carbonyl (C=O) groups excluding carboxylic acids is 1. The van der Waals surface area contributed by atoms with Gasteiger partial charge in [0.1, 0.15) is 0 Å². The van der Waals surface area contributed by atoms with Gasteiger partial charge in [-0.1, -0.05) is 18.2 Å². The Morgan fingerprint density at radius 3 is 2.95 bits per heavy atom. The lowest BCUT2D eigenvalue weighted by Gasteiger charge is -2.33. The van der Waals surface area contributed by atoms with Crippen molar-refractivity contribution in [3.63, 3.8) is 0 Å². The number of carbonyl (C=O) groups is 1. The standard InChI is InChI=1S/C17H22N2OS/c20-16-9-17(5-7-18-8-6-17)12-19(16)10-13-11-21-15-4-2-1-3-14(13)15/h1-4,13,18H,5-12H2. The highest BCUT2D eigenvalue weighted by Gasteiger charge is 2.44. The van der Waals surface area contributed by atoms with E-state index >= 15 is 0 Å². The van der Waals surface area contributed by atoms with Gasteiger partial charge < -0.3 is 10.2 Å². The second kappa shape index (κ2) is 5.33. The number of nitrogens with zero attached hydrogens (tertiary/aromatic N) is 1. The molecule has 0 aliphatic carbocycles. The Labute approximate surface area is 130 Å². The zero-order valence-electron chi connectivity index (χ0n) is 12.3. The molecule has 1 atom stereocenters. The first-order valence-electron chi connectivity index (χ1n) is 7.96. The number of thioether (sulfide) groups is 1. The number of rotatable bonds is 2. The first-order chi connectivity index (χ1) is 10.3. The second-order valence-electron chi connectivity index (χ2n) is 6.75. The van der Waals surface area contributed by atoms with Crippen LogP contribution >= 0.6 is 11.8 Å². The summed E-state index contributed by atoms with van der Waals surface area (Å²) in [5.41, 5.74) is 1.72. The lowest BCUT2D eigenvalue weighted by molar-refractivity contribution is -0.128. The van der Waals surface area contributed by atoms with E-state index in [1.54, 1.807) is 0 Å². The molecule has 4 heteroatoms. The third-order valence-corrected chi connectivity index (χ3v) is 6.56. The molecule has 112 valence electrons. The summed E-state index contributed by atoms with van der Waals surface area (Å²) in [7, 11) is 0. The van der Waals surface area contributed by atoms with Crippen LogP contribution in [0.25, 0.3) is 0 Å². The Morgan fingerprint density at radius 2 is 2.10 bits per heavy atom. The molecular weight excluding hydrogens is 280 g/mol. The van der Waals surface area contributed by atoms with Crippen LogP contribution < -0.4 is 5.32 Å². The van der Waals surface area contributed by atoms with Crippen molar-refractivity contribution in [2.45, 2.75) is 30.1 Å².